The highest BCUT2D eigenvalue weighted by atomic mass is 16.5. The Morgan fingerprint density at radius 3 is 2.50 bits per heavy atom. The van der Waals surface area contributed by atoms with Gasteiger partial charge in [-0.3, -0.25) is 4.98 Å². The first-order chi connectivity index (χ1) is 14.8. The van der Waals surface area contributed by atoms with Crippen LogP contribution in [0, 0.1) is 6.92 Å². The molecule has 0 spiro atoms. The van der Waals surface area contributed by atoms with E-state index in [1.807, 2.05) is 25.4 Å². The molecule has 0 atom stereocenters. The number of piperidine rings is 1. The van der Waals surface area contributed by atoms with Crippen molar-refractivity contribution >= 4 is 11.8 Å². The van der Waals surface area contributed by atoms with Gasteiger partial charge in [0.2, 0.25) is 5.95 Å². The SMILES string of the molecule is Cc1cc(-c2cnc(N3CCOCC3)nc2C2CCN(c3cnccn3)CC2)on1. The van der Waals surface area contributed by atoms with E-state index in [-0.39, 0.29) is 0 Å². The first-order valence-electron chi connectivity index (χ1n) is 10.4. The van der Waals surface area contributed by atoms with Crippen molar-refractivity contribution in [1.29, 1.82) is 0 Å². The number of aromatic nitrogens is 5. The van der Waals surface area contributed by atoms with Gasteiger partial charge >= 0.3 is 0 Å². The predicted molar refractivity (Wildman–Crippen MR) is 112 cm³/mol. The molecule has 2 fully saturated rings. The molecule has 3 aromatic rings. The average molecular weight is 407 g/mol. The van der Waals surface area contributed by atoms with Crippen LogP contribution in [0.3, 0.4) is 0 Å². The van der Waals surface area contributed by atoms with E-state index in [9.17, 15) is 0 Å². The number of nitrogens with zero attached hydrogens (tertiary/aromatic N) is 7. The van der Waals surface area contributed by atoms with Crippen molar-refractivity contribution in [3.63, 3.8) is 0 Å². The molecule has 0 unspecified atom stereocenters. The molecule has 30 heavy (non-hydrogen) atoms. The lowest BCUT2D eigenvalue weighted by atomic mass is 9.90. The summed E-state index contributed by atoms with van der Waals surface area (Å²) in [6.45, 7) is 6.78. The van der Waals surface area contributed by atoms with Crippen LogP contribution in [0.15, 0.2) is 35.4 Å². The monoisotopic (exact) mass is 407 g/mol. The number of hydrogen-bond donors (Lipinski definition) is 0. The number of anilines is 2. The van der Waals surface area contributed by atoms with E-state index >= 15 is 0 Å². The molecular weight excluding hydrogens is 382 g/mol. The summed E-state index contributed by atoms with van der Waals surface area (Å²) in [6, 6.07) is 1.95. The van der Waals surface area contributed by atoms with Gasteiger partial charge in [0.15, 0.2) is 5.76 Å². The largest absolute Gasteiger partial charge is 0.378 e. The minimum absolute atomic E-state index is 0.320. The number of morpholine rings is 1. The van der Waals surface area contributed by atoms with E-state index in [1.54, 1.807) is 12.4 Å². The van der Waals surface area contributed by atoms with Gasteiger partial charge in [0.25, 0.3) is 0 Å². The third-order valence-electron chi connectivity index (χ3n) is 5.75. The van der Waals surface area contributed by atoms with Crippen LogP contribution in [-0.2, 0) is 4.74 Å². The molecule has 0 amide bonds. The van der Waals surface area contributed by atoms with Gasteiger partial charge in [-0.1, -0.05) is 5.16 Å². The molecule has 0 saturated carbocycles. The molecule has 0 radical (unpaired) electrons. The molecule has 2 aliphatic heterocycles. The van der Waals surface area contributed by atoms with Crippen LogP contribution in [0.25, 0.3) is 11.3 Å². The number of aryl methyl sites for hydroxylation is 1. The maximum atomic E-state index is 5.57. The van der Waals surface area contributed by atoms with E-state index in [0.717, 1.165) is 73.5 Å². The van der Waals surface area contributed by atoms with Gasteiger partial charge < -0.3 is 19.1 Å². The van der Waals surface area contributed by atoms with Crippen molar-refractivity contribution in [2.45, 2.75) is 25.7 Å². The van der Waals surface area contributed by atoms with Gasteiger partial charge in [0.05, 0.1) is 36.4 Å². The van der Waals surface area contributed by atoms with E-state index in [4.69, 9.17) is 14.2 Å². The Hall–Kier alpha value is -3.07. The number of hydrogen-bond acceptors (Lipinski definition) is 9. The van der Waals surface area contributed by atoms with Gasteiger partial charge in [-0.15, -0.1) is 0 Å². The van der Waals surface area contributed by atoms with Gasteiger partial charge in [-0.25, -0.2) is 15.0 Å². The van der Waals surface area contributed by atoms with Gasteiger partial charge in [0.1, 0.15) is 5.82 Å². The van der Waals surface area contributed by atoms with Crippen molar-refractivity contribution in [1.82, 2.24) is 25.1 Å². The highest BCUT2D eigenvalue weighted by molar-refractivity contribution is 5.61. The molecule has 9 heteroatoms. The molecule has 0 N–H and O–H groups in total. The van der Waals surface area contributed by atoms with Crippen molar-refractivity contribution in [3.05, 3.63) is 42.2 Å². The minimum Gasteiger partial charge on any atom is -0.378 e. The van der Waals surface area contributed by atoms with Crippen molar-refractivity contribution < 1.29 is 9.26 Å². The molecule has 0 bridgehead atoms. The molecule has 5 rings (SSSR count). The quantitative estimate of drug-likeness (QED) is 0.646. The number of ether oxygens (including phenoxy) is 1. The zero-order chi connectivity index (χ0) is 20.3. The Morgan fingerprint density at radius 2 is 1.80 bits per heavy atom. The standard InChI is InChI=1S/C21H25N7O2/c1-15-12-18(30-26-15)17-13-24-21(28-8-10-29-11-9-28)25-20(17)16-2-6-27(7-3-16)19-14-22-4-5-23-19/h4-5,12-14,16H,2-3,6-11H2,1H3. The maximum Gasteiger partial charge on any atom is 0.225 e. The van der Waals surface area contributed by atoms with Crippen molar-refractivity contribution in [2.24, 2.45) is 0 Å². The van der Waals surface area contributed by atoms with E-state index in [2.05, 4.69) is 29.9 Å². The van der Waals surface area contributed by atoms with Crippen LogP contribution in [-0.4, -0.2) is 64.5 Å². The molecule has 156 valence electrons. The summed E-state index contributed by atoms with van der Waals surface area (Å²) in [7, 11) is 0. The van der Waals surface area contributed by atoms with E-state index < -0.39 is 0 Å². The fourth-order valence-electron chi connectivity index (χ4n) is 4.13. The Kier molecular flexibility index (Phi) is 5.27. The molecule has 2 aliphatic rings. The fraction of sp³-hybridized carbons (Fsp3) is 0.476. The second kappa shape index (κ2) is 8.35. The van der Waals surface area contributed by atoms with Crippen LogP contribution in [0.5, 0.6) is 0 Å². The molecule has 0 aromatic carbocycles. The Morgan fingerprint density at radius 1 is 0.967 bits per heavy atom. The predicted octanol–water partition coefficient (Wildman–Crippen LogP) is 2.45. The summed E-state index contributed by atoms with van der Waals surface area (Å²) in [4.78, 5) is 22.8. The first kappa shape index (κ1) is 18.9. The van der Waals surface area contributed by atoms with Crippen LogP contribution in [0.1, 0.15) is 30.1 Å². The second-order valence-corrected chi connectivity index (χ2v) is 7.73. The average Bonchev–Trinajstić information content (AvgIpc) is 3.26. The third-order valence-corrected chi connectivity index (χ3v) is 5.75. The van der Waals surface area contributed by atoms with Crippen LogP contribution in [0.2, 0.25) is 0 Å². The zero-order valence-corrected chi connectivity index (χ0v) is 17.1. The Labute approximate surface area is 175 Å². The molecule has 5 heterocycles. The lowest BCUT2D eigenvalue weighted by Gasteiger charge is -2.33. The Bertz CT molecular complexity index is 980. The van der Waals surface area contributed by atoms with Crippen LogP contribution >= 0.6 is 0 Å². The van der Waals surface area contributed by atoms with Gasteiger partial charge in [0, 0.05) is 56.8 Å². The summed E-state index contributed by atoms with van der Waals surface area (Å²) in [5.74, 6) is 2.75. The van der Waals surface area contributed by atoms with Crippen molar-refractivity contribution in [2.75, 3.05) is 49.2 Å². The minimum atomic E-state index is 0.320. The lowest BCUT2D eigenvalue weighted by Crippen LogP contribution is -2.38. The summed E-state index contributed by atoms with van der Waals surface area (Å²) in [6.07, 6.45) is 9.12. The van der Waals surface area contributed by atoms with Crippen molar-refractivity contribution in [3.8, 4) is 11.3 Å². The summed E-state index contributed by atoms with van der Waals surface area (Å²) >= 11 is 0. The smallest absolute Gasteiger partial charge is 0.225 e. The maximum absolute atomic E-state index is 5.57. The Balaban J connectivity index is 1.43. The van der Waals surface area contributed by atoms with E-state index in [0.29, 0.717) is 19.1 Å². The van der Waals surface area contributed by atoms with Crippen LogP contribution < -0.4 is 9.80 Å². The molecule has 2 saturated heterocycles. The summed E-state index contributed by atoms with van der Waals surface area (Å²) in [5.41, 5.74) is 2.83. The topological polar surface area (TPSA) is 93.3 Å². The second-order valence-electron chi connectivity index (χ2n) is 7.73. The summed E-state index contributed by atoms with van der Waals surface area (Å²) in [5, 5.41) is 4.06. The lowest BCUT2D eigenvalue weighted by molar-refractivity contribution is 0.122. The first-order valence-corrected chi connectivity index (χ1v) is 10.4. The molecule has 0 aliphatic carbocycles. The molecular formula is C21H25N7O2. The highest BCUT2D eigenvalue weighted by Gasteiger charge is 2.28. The van der Waals surface area contributed by atoms with Gasteiger partial charge in [-0.05, 0) is 19.8 Å². The number of rotatable bonds is 4. The zero-order valence-electron chi connectivity index (χ0n) is 17.1. The molecule has 9 nitrogen and oxygen atoms in total. The fourth-order valence-corrected chi connectivity index (χ4v) is 4.13. The normalized spacial score (nSPS) is 18.0. The molecule has 3 aromatic heterocycles. The van der Waals surface area contributed by atoms with Gasteiger partial charge in [-0.2, -0.15) is 0 Å². The van der Waals surface area contributed by atoms with Crippen LogP contribution in [0.4, 0.5) is 11.8 Å². The highest BCUT2D eigenvalue weighted by Crippen LogP contribution is 2.35. The summed E-state index contributed by atoms with van der Waals surface area (Å²) < 4.78 is 11.0. The third kappa shape index (κ3) is 3.85. The van der Waals surface area contributed by atoms with E-state index in [1.165, 1.54) is 0 Å².